The number of rotatable bonds is 5. The van der Waals surface area contributed by atoms with Crippen molar-refractivity contribution in [1.82, 2.24) is 0 Å². The third-order valence-corrected chi connectivity index (χ3v) is 5.42. The van der Waals surface area contributed by atoms with Crippen molar-refractivity contribution in [1.29, 1.82) is 0 Å². The molecule has 0 aliphatic heterocycles. The first-order chi connectivity index (χ1) is 9.47. The molecule has 0 N–H and O–H groups in total. The maximum atomic E-state index is 2.41. The van der Waals surface area contributed by atoms with Crippen molar-refractivity contribution in [2.45, 2.75) is 109 Å². The van der Waals surface area contributed by atoms with Crippen LogP contribution in [0.1, 0.15) is 109 Å². The van der Waals surface area contributed by atoms with Gasteiger partial charge in [0.15, 0.2) is 0 Å². The maximum absolute atomic E-state index is 2.41. The van der Waals surface area contributed by atoms with E-state index in [1.54, 1.807) is 0 Å². The van der Waals surface area contributed by atoms with E-state index in [1.807, 2.05) is 0 Å². The van der Waals surface area contributed by atoms with Crippen molar-refractivity contribution in [3.63, 3.8) is 0 Å². The smallest absolute Gasteiger partial charge is 0.0317 e. The Balaban J connectivity index is 4.63. The first kappa shape index (κ1) is 22.0. The summed E-state index contributed by atoms with van der Waals surface area (Å²) < 4.78 is 0. The van der Waals surface area contributed by atoms with Crippen molar-refractivity contribution in [3.8, 4) is 0 Å². The second-order valence-corrected chi connectivity index (χ2v) is 11.9. The summed E-state index contributed by atoms with van der Waals surface area (Å²) in [7, 11) is 0. The Morgan fingerprint density at radius 2 is 0.591 bits per heavy atom. The third kappa shape index (κ3) is 7.51. The third-order valence-electron chi connectivity index (χ3n) is 5.42. The van der Waals surface area contributed by atoms with E-state index in [9.17, 15) is 0 Å². The van der Waals surface area contributed by atoms with Gasteiger partial charge in [-0.3, -0.25) is 0 Å². The van der Waals surface area contributed by atoms with Gasteiger partial charge in [0.1, 0.15) is 0 Å². The highest BCUT2D eigenvalue weighted by molar-refractivity contribution is 4.86. The highest BCUT2D eigenvalue weighted by Gasteiger charge is 2.36. The molecule has 0 amide bonds. The lowest BCUT2D eigenvalue weighted by Crippen LogP contribution is -2.33. The van der Waals surface area contributed by atoms with Gasteiger partial charge in [0.05, 0.1) is 0 Å². The van der Waals surface area contributed by atoms with Crippen molar-refractivity contribution in [2.75, 3.05) is 0 Å². The normalized spacial score (nSPS) is 15.0. The molecule has 0 bridgehead atoms. The molecule has 22 heavy (non-hydrogen) atoms. The van der Waals surface area contributed by atoms with E-state index in [2.05, 4.69) is 83.1 Å². The monoisotopic (exact) mass is 310 g/mol. The van der Waals surface area contributed by atoms with Crippen molar-refractivity contribution in [3.05, 3.63) is 0 Å². The molecule has 0 atom stereocenters. The Bertz CT molecular complexity index is 246. The first-order valence-electron chi connectivity index (χ1n) is 9.47. The minimum atomic E-state index is 0.408. The van der Waals surface area contributed by atoms with E-state index in [1.165, 1.54) is 25.7 Å². The number of hydrogen-bond donors (Lipinski definition) is 0. The van der Waals surface area contributed by atoms with Crippen LogP contribution in [0.15, 0.2) is 0 Å². The van der Waals surface area contributed by atoms with Crippen molar-refractivity contribution < 1.29 is 0 Å². The Morgan fingerprint density at radius 3 is 0.727 bits per heavy atom. The molecular weight excluding hydrogens is 264 g/mol. The van der Waals surface area contributed by atoms with Crippen LogP contribution < -0.4 is 0 Å². The Labute approximate surface area is 142 Å². The molecule has 0 aliphatic rings. The van der Waals surface area contributed by atoms with Crippen molar-refractivity contribution >= 4 is 0 Å². The van der Waals surface area contributed by atoms with Crippen LogP contribution in [-0.2, 0) is 0 Å². The summed E-state index contributed by atoms with van der Waals surface area (Å²) in [6.45, 7) is 29.0. The lowest BCUT2D eigenvalue weighted by atomic mass is 9.63. The molecule has 0 heterocycles. The van der Waals surface area contributed by atoms with Gasteiger partial charge in [0.2, 0.25) is 0 Å². The highest BCUT2D eigenvalue weighted by atomic mass is 14.4. The molecule has 0 fully saturated rings. The van der Waals surface area contributed by atoms with Crippen LogP contribution in [-0.4, -0.2) is 0 Å². The largest absolute Gasteiger partial charge is 0.0599 e. The number of unbranched alkanes of at least 4 members (excludes halogenated alkanes) is 1. The van der Waals surface area contributed by atoms with Gasteiger partial charge >= 0.3 is 0 Å². The van der Waals surface area contributed by atoms with Gasteiger partial charge in [-0.2, -0.15) is 0 Å². The molecule has 0 heteroatoms. The topological polar surface area (TPSA) is 0 Å². The fraction of sp³-hybridized carbons (Fsp3) is 1.00. The van der Waals surface area contributed by atoms with E-state index in [0.717, 1.165) is 11.8 Å². The van der Waals surface area contributed by atoms with Gasteiger partial charge in [0, 0.05) is 0 Å². The SMILES string of the molecule is CC(C)(C)C(CCCCC(C(C)(C)C)C(C)(C)C)C(C)(C)C. The molecule has 0 nitrogen and oxygen atoms in total. The lowest BCUT2D eigenvalue weighted by molar-refractivity contribution is 0.0757. The average Bonchev–Trinajstić information content (AvgIpc) is 2.14. The van der Waals surface area contributed by atoms with Gasteiger partial charge in [-0.25, -0.2) is 0 Å². The summed E-state index contributed by atoms with van der Waals surface area (Å²) in [5, 5.41) is 0. The van der Waals surface area contributed by atoms with Gasteiger partial charge in [-0.1, -0.05) is 95.9 Å². The fourth-order valence-electron chi connectivity index (χ4n) is 5.03. The zero-order valence-corrected chi connectivity index (χ0v) is 18.0. The van der Waals surface area contributed by atoms with E-state index < -0.39 is 0 Å². The summed E-state index contributed by atoms with van der Waals surface area (Å²) in [5.41, 5.74) is 1.63. The minimum absolute atomic E-state index is 0.408. The quantitative estimate of drug-likeness (QED) is 0.452. The van der Waals surface area contributed by atoms with Gasteiger partial charge < -0.3 is 0 Å². The van der Waals surface area contributed by atoms with E-state index >= 15 is 0 Å². The van der Waals surface area contributed by atoms with Crippen LogP contribution in [0.5, 0.6) is 0 Å². The van der Waals surface area contributed by atoms with E-state index in [0.29, 0.717) is 21.7 Å². The first-order valence-corrected chi connectivity index (χ1v) is 9.47. The summed E-state index contributed by atoms with van der Waals surface area (Å²) in [4.78, 5) is 0. The highest BCUT2D eigenvalue weighted by Crippen LogP contribution is 2.45. The lowest BCUT2D eigenvalue weighted by Gasteiger charge is -2.42. The Hall–Kier alpha value is 0. The van der Waals surface area contributed by atoms with Crippen LogP contribution in [0.25, 0.3) is 0 Å². The molecule has 0 aromatic rings. The molecule has 0 unspecified atom stereocenters. The second kappa shape index (κ2) is 7.27. The van der Waals surface area contributed by atoms with Crippen LogP contribution in [0, 0.1) is 33.5 Å². The second-order valence-electron chi connectivity index (χ2n) is 11.9. The molecule has 0 radical (unpaired) electrons. The van der Waals surface area contributed by atoms with Crippen LogP contribution in [0.2, 0.25) is 0 Å². The van der Waals surface area contributed by atoms with Crippen LogP contribution in [0.4, 0.5) is 0 Å². The van der Waals surface area contributed by atoms with Crippen LogP contribution in [0.3, 0.4) is 0 Å². The minimum Gasteiger partial charge on any atom is -0.0599 e. The summed E-state index contributed by atoms with van der Waals surface area (Å²) in [6.07, 6.45) is 5.49. The predicted molar refractivity (Wildman–Crippen MR) is 103 cm³/mol. The summed E-state index contributed by atoms with van der Waals surface area (Å²) in [6, 6.07) is 0. The van der Waals surface area contributed by atoms with E-state index in [-0.39, 0.29) is 0 Å². The Kier molecular flexibility index (Phi) is 7.27. The summed E-state index contributed by atoms with van der Waals surface area (Å²) in [5.74, 6) is 1.59. The van der Waals surface area contributed by atoms with Gasteiger partial charge in [-0.15, -0.1) is 0 Å². The molecule has 0 rings (SSSR count). The van der Waals surface area contributed by atoms with Gasteiger partial charge in [0.25, 0.3) is 0 Å². The fourth-order valence-corrected chi connectivity index (χ4v) is 5.03. The zero-order valence-electron chi connectivity index (χ0n) is 18.0. The summed E-state index contributed by atoms with van der Waals surface area (Å²) >= 11 is 0. The molecular formula is C22H46. The standard InChI is InChI=1S/C22H46/c1-19(2,3)17(20(4,5)6)15-13-14-16-18(21(7,8)9)22(10,11)12/h17-18H,13-16H2,1-12H3. The molecule has 0 aliphatic carbocycles. The van der Waals surface area contributed by atoms with Crippen molar-refractivity contribution in [2.24, 2.45) is 33.5 Å². The molecule has 0 aromatic heterocycles. The molecule has 0 saturated carbocycles. The van der Waals surface area contributed by atoms with Gasteiger partial charge in [-0.05, 0) is 46.3 Å². The Morgan fingerprint density at radius 1 is 0.409 bits per heavy atom. The predicted octanol–water partition coefficient (Wildman–Crippen LogP) is 7.96. The van der Waals surface area contributed by atoms with Crippen LogP contribution >= 0.6 is 0 Å². The molecule has 0 saturated heterocycles. The maximum Gasteiger partial charge on any atom is -0.0317 e. The molecule has 0 spiro atoms. The average molecular weight is 311 g/mol. The zero-order chi connectivity index (χ0) is 18.0. The van der Waals surface area contributed by atoms with E-state index in [4.69, 9.17) is 0 Å². The molecule has 0 aromatic carbocycles. The number of hydrogen-bond acceptors (Lipinski definition) is 0. The molecule has 134 valence electrons.